The summed E-state index contributed by atoms with van der Waals surface area (Å²) < 4.78 is 0. The minimum Gasteiger partial charge on any atom is -0.385 e. The van der Waals surface area contributed by atoms with Crippen molar-refractivity contribution in [3.8, 4) is 22.4 Å². The number of nitrogens with zero attached hydrogens (tertiary/aromatic N) is 2. The number of thiazole rings is 1. The van der Waals surface area contributed by atoms with Crippen LogP contribution in [0, 0.1) is 0 Å². The van der Waals surface area contributed by atoms with Crippen molar-refractivity contribution >= 4 is 28.3 Å². The van der Waals surface area contributed by atoms with Crippen molar-refractivity contribution in [2.75, 3.05) is 11.9 Å². The highest BCUT2D eigenvalue weighted by Gasteiger charge is 2.21. The Bertz CT molecular complexity index is 1340. The molecule has 3 N–H and O–H groups in total. The van der Waals surface area contributed by atoms with Crippen LogP contribution in [-0.4, -0.2) is 33.4 Å². The molecule has 1 atom stereocenters. The topological polar surface area (TPSA) is 104 Å². The molecule has 2 heterocycles. The van der Waals surface area contributed by atoms with Crippen molar-refractivity contribution in [3.05, 3.63) is 89.6 Å². The number of rotatable bonds is 8. The fourth-order valence-corrected chi connectivity index (χ4v) is 4.23. The van der Waals surface area contributed by atoms with E-state index in [1.165, 1.54) is 11.3 Å². The molecule has 8 heteroatoms. The van der Waals surface area contributed by atoms with E-state index in [0.717, 1.165) is 22.4 Å². The highest BCUT2D eigenvalue weighted by atomic mass is 32.1. The molecular weight excluding hydrogens is 460 g/mol. The maximum absolute atomic E-state index is 12.5. The highest BCUT2D eigenvalue weighted by molar-refractivity contribution is 7.14. The molecule has 4 rings (SSSR count). The lowest BCUT2D eigenvalue weighted by atomic mass is 9.92. The van der Waals surface area contributed by atoms with Gasteiger partial charge in [0.25, 0.3) is 5.91 Å². The predicted octanol–water partition coefficient (Wildman–Crippen LogP) is 4.86. The zero-order valence-corrected chi connectivity index (χ0v) is 20.3. The maximum atomic E-state index is 12.5. The second-order valence-corrected chi connectivity index (χ2v) is 9.15. The first-order valence-corrected chi connectivity index (χ1v) is 12.1. The van der Waals surface area contributed by atoms with Gasteiger partial charge in [-0.05, 0) is 60.4 Å². The lowest BCUT2D eigenvalue weighted by molar-refractivity contribution is -0.115. The Balaban J connectivity index is 1.36. The van der Waals surface area contributed by atoms with Gasteiger partial charge in [-0.2, -0.15) is 0 Å². The van der Waals surface area contributed by atoms with Crippen molar-refractivity contribution in [1.82, 2.24) is 15.3 Å². The van der Waals surface area contributed by atoms with Gasteiger partial charge in [-0.25, -0.2) is 4.98 Å². The Labute approximate surface area is 207 Å². The molecule has 2 amide bonds. The second-order valence-electron chi connectivity index (χ2n) is 8.29. The summed E-state index contributed by atoms with van der Waals surface area (Å²) in [5.41, 5.74) is 3.82. The monoisotopic (exact) mass is 486 g/mol. The third-order valence-corrected chi connectivity index (χ3v) is 6.52. The lowest BCUT2D eigenvalue weighted by Gasteiger charge is -2.22. The van der Waals surface area contributed by atoms with Crippen LogP contribution in [-0.2, 0) is 10.4 Å². The van der Waals surface area contributed by atoms with Gasteiger partial charge >= 0.3 is 0 Å². The van der Waals surface area contributed by atoms with Crippen LogP contribution in [0.4, 0.5) is 5.13 Å². The standard InChI is InChI=1S/C27H26N4O3S/c1-3-27(2,34)22-9-5-8-21(15-22)25(33)29-16-24(32)31-26-30-23(17-35-26)20-7-4-6-19(14-20)18-10-12-28-13-11-18/h4-15,17,34H,3,16H2,1-2H3,(H,29,33)(H,30,31,32). The molecule has 0 aliphatic rings. The Morgan fingerprint density at radius 2 is 1.74 bits per heavy atom. The molecule has 35 heavy (non-hydrogen) atoms. The van der Waals surface area contributed by atoms with Crippen molar-refractivity contribution in [2.24, 2.45) is 0 Å². The molecule has 178 valence electrons. The highest BCUT2D eigenvalue weighted by Crippen LogP contribution is 2.29. The normalized spacial score (nSPS) is 12.5. The summed E-state index contributed by atoms with van der Waals surface area (Å²) >= 11 is 1.32. The third kappa shape index (κ3) is 5.98. The zero-order chi connectivity index (χ0) is 24.8. The van der Waals surface area contributed by atoms with Crippen LogP contribution in [0.5, 0.6) is 0 Å². The summed E-state index contributed by atoms with van der Waals surface area (Å²) in [6.07, 6.45) is 4.02. The fraction of sp³-hybridized carbons (Fsp3) is 0.185. The number of amides is 2. The van der Waals surface area contributed by atoms with Gasteiger partial charge in [0.05, 0.1) is 17.8 Å². The number of hydrogen-bond acceptors (Lipinski definition) is 6. The molecule has 0 aliphatic carbocycles. The van der Waals surface area contributed by atoms with E-state index >= 15 is 0 Å². The molecule has 0 radical (unpaired) electrons. The maximum Gasteiger partial charge on any atom is 0.251 e. The SMILES string of the molecule is CCC(C)(O)c1cccc(C(=O)NCC(=O)Nc2nc(-c3cccc(-c4ccncc4)c3)cs2)c1. The van der Waals surface area contributed by atoms with E-state index in [-0.39, 0.29) is 18.4 Å². The van der Waals surface area contributed by atoms with Gasteiger partial charge in [0.15, 0.2) is 5.13 Å². The van der Waals surface area contributed by atoms with Gasteiger partial charge in [0, 0.05) is 28.9 Å². The van der Waals surface area contributed by atoms with Crippen LogP contribution < -0.4 is 10.6 Å². The molecule has 2 aromatic heterocycles. The largest absolute Gasteiger partial charge is 0.385 e. The third-order valence-electron chi connectivity index (χ3n) is 5.77. The van der Waals surface area contributed by atoms with Gasteiger partial charge in [0.1, 0.15) is 0 Å². The Morgan fingerprint density at radius 3 is 2.51 bits per heavy atom. The number of nitrogens with one attached hydrogen (secondary N) is 2. The fourth-order valence-electron chi connectivity index (χ4n) is 3.49. The molecule has 7 nitrogen and oxygen atoms in total. The van der Waals surface area contributed by atoms with Crippen LogP contribution in [0.25, 0.3) is 22.4 Å². The van der Waals surface area contributed by atoms with E-state index in [9.17, 15) is 14.7 Å². The average Bonchev–Trinajstić information content (AvgIpc) is 3.36. The summed E-state index contributed by atoms with van der Waals surface area (Å²) in [5, 5.41) is 18.1. The molecule has 0 saturated carbocycles. The summed E-state index contributed by atoms with van der Waals surface area (Å²) in [6, 6.07) is 18.7. The molecule has 1 unspecified atom stereocenters. The first-order chi connectivity index (χ1) is 16.9. The lowest BCUT2D eigenvalue weighted by Crippen LogP contribution is -2.33. The van der Waals surface area contributed by atoms with Crippen molar-refractivity contribution in [1.29, 1.82) is 0 Å². The summed E-state index contributed by atoms with van der Waals surface area (Å²) in [7, 11) is 0. The number of benzene rings is 2. The molecule has 0 spiro atoms. The first kappa shape index (κ1) is 24.3. The molecule has 0 fully saturated rings. The van der Waals surface area contributed by atoms with Crippen molar-refractivity contribution in [3.63, 3.8) is 0 Å². The summed E-state index contributed by atoms with van der Waals surface area (Å²) in [4.78, 5) is 33.5. The zero-order valence-electron chi connectivity index (χ0n) is 19.5. The molecule has 4 aromatic rings. The number of anilines is 1. The smallest absolute Gasteiger partial charge is 0.251 e. The minimum absolute atomic E-state index is 0.195. The number of pyridine rings is 1. The number of hydrogen-bond donors (Lipinski definition) is 3. The first-order valence-electron chi connectivity index (χ1n) is 11.2. The van der Waals surface area contributed by atoms with E-state index in [1.54, 1.807) is 43.6 Å². The Kier molecular flexibility index (Phi) is 7.33. The number of aliphatic hydroxyl groups is 1. The van der Waals surface area contributed by atoms with Crippen LogP contribution in [0.15, 0.2) is 78.4 Å². The van der Waals surface area contributed by atoms with Gasteiger partial charge in [-0.1, -0.05) is 37.3 Å². The number of carbonyl (C=O) groups is 2. The van der Waals surface area contributed by atoms with Crippen LogP contribution in [0.1, 0.15) is 36.2 Å². The van der Waals surface area contributed by atoms with Gasteiger partial charge in [-0.3, -0.25) is 14.6 Å². The van der Waals surface area contributed by atoms with Gasteiger partial charge in [-0.15, -0.1) is 11.3 Å². The van der Waals surface area contributed by atoms with Crippen LogP contribution in [0.3, 0.4) is 0 Å². The summed E-state index contributed by atoms with van der Waals surface area (Å²) in [5.74, 6) is -0.761. The number of aromatic nitrogens is 2. The summed E-state index contributed by atoms with van der Waals surface area (Å²) in [6.45, 7) is 3.38. The Morgan fingerprint density at radius 1 is 1.00 bits per heavy atom. The molecule has 0 bridgehead atoms. The van der Waals surface area contributed by atoms with Crippen LogP contribution in [0.2, 0.25) is 0 Å². The second kappa shape index (κ2) is 10.6. The van der Waals surface area contributed by atoms with E-state index < -0.39 is 5.60 Å². The van der Waals surface area contributed by atoms with Crippen molar-refractivity contribution in [2.45, 2.75) is 25.9 Å². The molecular formula is C27H26N4O3S. The van der Waals surface area contributed by atoms with E-state index in [4.69, 9.17) is 0 Å². The van der Waals surface area contributed by atoms with Crippen molar-refractivity contribution < 1.29 is 14.7 Å². The quantitative estimate of drug-likeness (QED) is 0.330. The van der Waals surface area contributed by atoms with Gasteiger partial charge in [0.2, 0.25) is 5.91 Å². The minimum atomic E-state index is -1.02. The molecule has 2 aromatic carbocycles. The van der Waals surface area contributed by atoms with Gasteiger partial charge < -0.3 is 15.7 Å². The average molecular weight is 487 g/mol. The van der Waals surface area contributed by atoms with E-state index in [1.807, 2.05) is 48.7 Å². The van der Waals surface area contributed by atoms with Crippen LogP contribution >= 0.6 is 11.3 Å². The molecule has 0 aliphatic heterocycles. The van der Waals surface area contributed by atoms with E-state index in [0.29, 0.717) is 22.7 Å². The number of carbonyl (C=O) groups excluding carboxylic acids is 2. The molecule has 0 saturated heterocycles. The Hall–Kier alpha value is -3.88. The predicted molar refractivity (Wildman–Crippen MR) is 138 cm³/mol. The van der Waals surface area contributed by atoms with E-state index in [2.05, 4.69) is 20.6 Å².